The fourth-order valence-corrected chi connectivity index (χ4v) is 5.06. The number of aliphatic hydroxyl groups excluding tert-OH is 1. The van der Waals surface area contributed by atoms with E-state index in [0.29, 0.717) is 5.56 Å². The van der Waals surface area contributed by atoms with Crippen molar-refractivity contribution >= 4 is 28.5 Å². The highest BCUT2D eigenvalue weighted by Gasteiger charge is 2.59. The first-order valence-electron chi connectivity index (χ1n) is 10.00. The van der Waals surface area contributed by atoms with Gasteiger partial charge in [-0.25, -0.2) is 0 Å². The number of nitrogens with zero attached hydrogens (tertiary/aromatic N) is 1. The summed E-state index contributed by atoms with van der Waals surface area (Å²) < 4.78 is 0. The van der Waals surface area contributed by atoms with Crippen LogP contribution in [0.15, 0.2) is 54.6 Å². The molecule has 2 bridgehead atoms. The van der Waals surface area contributed by atoms with Crippen molar-refractivity contribution in [1.29, 1.82) is 0 Å². The summed E-state index contributed by atoms with van der Waals surface area (Å²) >= 11 is 0. The normalized spacial score (nSPS) is 28.2. The maximum atomic E-state index is 12.6. The highest BCUT2D eigenvalue weighted by Crippen LogP contribution is 2.52. The second-order valence-electron chi connectivity index (χ2n) is 8.19. The minimum atomic E-state index is -0.868. The Morgan fingerprint density at radius 3 is 2.38 bits per heavy atom. The number of allylic oxidation sites excluding steroid dienone is 2. The van der Waals surface area contributed by atoms with E-state index >= 15 is 0 Å². The Morgan fingerprint density at radius 1 is 1.03 bits per heavy atom. The lowest BCUT2D eigenvalue weighted by Gasteiger charge is -2.18. The zero-order valence-electron chi connectivity index (χ0n) is 15.8. The van der Waals surface area contributed by atoms with Crippen LogP contribution in [-0.4, -0.2) is 40.8 Å². The molecule has 0 unspecified atom stereocenters. The molecule has 2 N–H and O–H groups in total. The highest BCUT2D eigenvalue weighted by molar-refractivity contribution is 6.08. The molecule has 148 valence electrons. The van der Waals surface area contributed by atoms with Crippen molar-refractivity contribution in [2.45, 2.75) is 12.5 Å². The fourth-order valence-electron chi connectivity index (χ4n) is 5.06. The van der Waals surface area contributed by atoms with E-state index in [1.807, 2.05) is 54.6 Å². The molecule has 0 aromatic heterocycles. The van der Waals surface area contributed by atoms with E-state index < -0.39 is 12.0 Å². The number of hydrogen-bond acceptors (Lipinski definition) is 4. The van der Waals surface area contributed by atoms with Crippen molar-refractivity contribution in [3.8, 4) is 0 Å². The number of nitrogens with one attached hydrogen (secondary N) is 1. The lowest BCUT2D eigenvalue weighted by atomic mass is 9.85. The summed E-state index contributed by atoms with van der Waals surface area (Å²) in [5, 5.41) is 15.2. The molecular formula is C23H22N2O4. The van der Waals surface area contributed by atoms with E-state index in [9.17, 15) is 19.5 Å². The monoisotopic (exact) mass is 390 g/mol. The topological polar surface area (TPSA) is 86.7 Å². The molecule has 6 nitrogen and oxygen atoms in total. The number of fused-ring (bicyclic) bond motifs is 6. The van der Waals surface area contributed by atoms with Crippen LogP contribution in [0.5, 0.6) is 0 Å². The minimum absolute atomic E-state index is 0.0209. The molecule has 3 aliphatic rings. The molecule has 2 aromatic rings. The van der Waals surface area contributed by atoms with Gasteiger partial charge in [0, 0.05) is 6.54 Å². The Bertz CT molecular complexity index is 1020. The average Bonchev–Trinajstić information content (AvgIpc) is 3.42. The van der Waals surface area contributed by atoms with Gasteiger partial charge in [0.1, 0.15) is 6.54 Å². The SMILES string of the molecule is O=C(CN1C(=O)[C@H]2[C@H](C1=O)[C@H]1C=C[C@H]2C1)NC[C@H](O)c1ccc2ccccc2c1. The van der Waals surface area contributed by atoms with Gasteiger partial charge in [-0.05, 0) is 40.7 Å². The minimum Gasteiger partial charge on any atom is -0.387 e. The summed E-state index contributed by atoms with van der Waals surface area (Å²) in [5.41, 5.74) is 0.703. The van der Waals surface area contributed by atoms with Gasteiger partial charge in [-0.2, -0.15) is 0 Å². The van der Waals surface area contributed by atoms with Crippen LogP contribution in [0.1, 0.15) is 18.1 Å². The van der Waals surface area contributed by atoms with Crippen LogP contribution >= 0.6 is 0 Å². The van der Waals surface area contributed by atoms with Gasteiger partial charge < -0.3 is 10.4 Å². The fraction of sp³-hybridized carbons (Fsp3) is 0.348. The van der Waals surface area contributed by atoms with Gasteiger partial charge in [-0.15, -0.1) is 0 Å². The molecule has 6 heteroatoms. The third-order valence-electron chi connectivity index (χ3n) is 6.51. The van der Waals surface area contributed by atoms with E-state index in [4.69, 9.17) is 0 Å². The molecule has 5 rings (SSSR count). The molecule has 1 heterocycles. The number of carbonyl (C=O) groups is 3. The van der Waals surface area contributed by atoms with Crippen LogP contribution in [-0.2, 0) is 14.4 Å². The third-order valence-corrected chi connectivity index (χ3v) is 6.51. The number of hydrogen-bond donors (Lipinski definition) is 2. The van der Waals surface area contributed by atoms with Crippen LogP contribution in [0.4, 0.5) is 0 Å². The third kappa shape index (κ3) is 2.95. The second kappa shape index (κ2) is 6.81. The van der Waals surface area contributed by atoms with E-state index in [1.165, 1.54) is 0 Å². The van der Waals surface area contributed by atoms with Crippen LogP contribution in [0, 0.1) is 23.7 Å². The van der Waals surface area contributed by atoms with Gasteiger partial charge in [0.15, 0.2) is 0 Å². The maximum absolute atomic E-state index is 12.6. The van der Waals surface area contributed by atoms with Crippen molar-refractivity contribution in [3.05, 3.63) is 60.2 Å². The Balaban J connectivity index is 1.20. The van der Waals surface area contributed by atoms with Gasteiger partial charge in [0.2, 0.25) is 17.7 Å². The molecule has 1 saturated heterocycles. The summed E-state index contributed by atoms with van der Waals surface area (Å²) in [5.74, 6) is -1.24. The zero-order chi connectivity index (χ0) is 20.1. The van der Waals surface area contributed by atoms with Crippen molar-refractivity contribution in [3.63, 3.8) is 0 Å². The van der Waals surface area contributed by atoms with E-state index in [0.717, 1.165) is 22.1 Å². The molecule has 2 aliphatic carbocycles. The number of benzene rings is 2. The second-order valence-corrected chi connectivity index (χ2v) is 8.19. The molecule has 29 heavy (non-hydrogen) atoms. The summed E-state index contributed by atoms with van der Waals surface area (Å²) in [4.78, 5) is 38.7. The predicted octanol–water partition coefficient (Wildman–Crippen LogP) is 1.80. The number of rotatable bonds is 5. The summed E-state index contributed by atoms with van der Waals surface area (Å²) in [6.45, 7) is -0.262. The number of carbonyl (C=O) groups excluding carboxylic acids is 3. The van der Waals surface area contributed by atoms with Crippen LogP contribution in [0.25, 0.3) is 10.8 Å². The quantitative estimate of drug-likeness (QED) is 0.602. The molecule has 0 spiro atoms. The van der Waals surface area contributed by atoms with E-state index in [1.54, 1.807) is 0 Å². The number of amides is 3. The Hall–Kier alpha value is -2.99. The van der Waals surface area contributed by atoms with Gasteiger partial charge in [0.05, 0.1) is 17.9 Å². The Morgan fingerprint density at radius 2 is 1.69 bits per heavy atom. The smallest absolute Gasteiger partial charge is 0.240 e. The van der Waals surface area contributed by atoms with Gasteiger partial charge >= 0.3 is 0 Å². The largest absolute Gasteiger partial charge is 0.387 e. The number of imide groups is 1. The molecule has 1 saturated carbocycles. The standard InChI is InChI=1S/C23H22N2O4/c26-18(15-6-5-13-3-1-2-4-14(13)9-15)11-24-19(27)12-25-22(28)20-16-7-8-17(10-16)21(20)23(25)29/h1-9,16-18,20-21,26H,10-12H2,(H,24,27)/t16-,17-,18-,20+,21+/m0/s1. The molecule has 1 aliphatic heterocycles. The zero-order valence-corrected chi connectivity index (χ0v) is 15.8. The predicted molar refractivity (Wildman–Crippen MR) is 106 cm³/mol. The van der Waals surface area contributed by atoms with E-state index in [2.05, 4.69) is 5.32 Å². The maximum Gasteiger partial charge on any atom is 0.240 e. The first-order chi connectivity index (χ1) is 14.0. The summed E-state index contributed by atoms with van der Waals surface area (Å²) in [7, 11) is 0. The molecular weight excluding hydrogens is 368 g/mol. The summed E-state index contributed by atoms with van der Waals surface area (Å²) in [6.07, 6.45) is 4.05. The number of aliphatic hydroxyl groups is 1. The van der Waals surface area contributed by atoms with Crippen LogP contribution in [0.3, 0.4) is 0 Å². The van der Waals surface area contributed by atoms with Crippen LogP contribution < -0.4 is 5.32 Å². The van der Waals surface area contributed by atoms with Crippen molar-refractivity contribution in [2.24, 2.45) is 23.7 Å². The first-order valence-corrected chi connectivity index (χ1v) is 10.00. The molecule has 3 amide bonds. The van der Waals surface area contributed by atoms with E-state index in [-0.39, 0.29) is 48.6 Å². The van der Waals surface area contributed by atoms with Crippen molar-refractivity contribution in [1.82, 2.24) is 10.2 Å². The lowest BCUT2D eigenvalue weighted by molar-refractivity contribution is -0.144. The molecule has 2 fully saturated rings. The number of likely N-dealkylation sites (tertiary alicyclic amines) is 1. The van der Waals surface area contributed by atoms with Gasteiger partial charge in [-0.1, -0.05) is 48.6 Å². The average molecular weight is 390 g/mol. The molecule has 5 atom stereocenters. The van der Waals surface area contributed by atoms with Crippen LogP contribution in [0.2, 0.25) is 0 Å². The summed E-state index contributed by atoms with van der Waals surface area (Å²) in [6, 6.07) is 13.5. The lowest BCUT2D eigenvalue weighted by Crippen LogP contribution is -2.42. The Labute approximate surface area is 168 Å². The van der Waals surface area contributed by atoms with Crippen molar-refractivity contribution < 1.29 is 19.5 Å². The molecule has 2 aromatic carbocycles. The van der Waals surface area contributed by atoms with Gasteiger partial charge in [0.25, 0.3) is 0 Å². The molecule has 0 radical (unpaired) electrons. The highest BCUT2D eigenvalue weighted by atomic mass is 16.3. The van der Waals surface area contributed by atoms with Gasteiger partial charge in [-0.3, -0.25) is 19.3 Å². The Kier molecular flexibility index (Phi) is 4.24. The first kappa shape index (κ1) is 18.1. The van der Waals surface area contributed by atoms with Crippen molar-refractivity contribution in [2.75, 3.05) is 13.1 Å².